The largest absolute Gasteiger partial charge is 0.508 e. The molecule has 0 aliphatic carbocycles. The van der Waals surface area contributed by atoms with Crippen molar-refractivity contribution in [1.29, 1.82) is 0 Å². The lowest BCUT2D eigenvalue weighted by Gasteiger charge is -2.13. The zero-order chi connectivity index (χ0) is 16.1. The molecule has 2 aromatic carbocycles. The van der Waals surface area contributed by atoms with E-state index in [1.165, 1.54) is 36.4 Å². The molecule has 2 N–H and O–H groups in total. The van der Waals surface area contributed by atoms with Crippen LogP contribution in [0.1, 0.15) is 29.8 Å². The number of hydrogen-bond donors (Lipinski definition) is 2. The highest BCUT2D eigenvalue weighted by atomic mass is 16.5. The first-order chi connectivity index (χ1) is 10.6. The molecule has 2 aromatic rings. The minimum Gasteiger partial charge on any atom is -0.508 e. The molecule has 0 heterocycles. The first-order valence-corrected chi connectivity index (χ1v) is 7.03. The summed E-state index contributed by atoms with van der Waals surface area (Å²) in [5, 5.41) is 19.1. The fourth-order valence-corrected chi connectivity index (χ4v) is 2.09. The average molecular weight is 302 g/mol. The van der Waals surface area contributed by atoms with Gasteiger partial charge in [-0.25, -0.2) is 0 Å². The molecule has 22 heavy (non-hydrogen) atoms. The molecule has 0 aliphatic rings. The summed E-state index contributed by atoms with van der Waals surface area (Å²) in [6.07, 6.45) is 0. The fraction of sp³-hybridized carbons (Fsp3) is 0.235. The third-order valence-corrected chi connectivity index (χ3v) is 3.02. The standard InChI is InChI=1S/C17H18O5/c1-3-21-15-9-11(18)5-7-13(15)17(20)14-8-6-12(19)10-16(14)22-4-2/h5-10,18-19H,3-4H2,1-2H3. The number of benzene rings is 2. The molecule has 0 saturated heterocycles. The summed E-state index contributed by atoms with van der Waals surface area (Å²) < 4.78 is 10.8. The molecular weight excluding hydrogens is 284 g/mol. The van der Waals surface area contributed by atoms with Crippen LogP contribution in [-0.4, -0.2) is 29.2 Å². The van der Waals surface area contributed by atoms with E-state index in [1.54, 1.807) is 13.8 Å². The van der Waals surface area contributed by atoms with E-state index in [4.69, 9.17) is 9.47 Å². The lowest BCUT2D eigenvalue weighted by atomic mass is 10.0. The van der Waals surface area contributed by atoms with E-state index in [9.17, 15) is 15.0 Å². The SMILES string of the molecule is CCOc1cc(O)ccc1C(=O)c1ccc(O)cc1OCC. The van der Waals surface area contributed by atoms with Crippen LogP contribution >= 0.6 is 0 Å². The van der Waals surface area contributed by atoms with Gasteiger partial charge in [0, 0.05) is 12.1 Å². The summed E-state index contributed by atoms with van der Waals surface area (Å²) in [7, 11) is 0. The van der Waals surface area contributed by atoms with E-state index in [-0.39, 0.29) is 17.3 Å². The Hall–Kier alpha value is -2.69. The molecule has 0 fully saturated rings. The van der Waals surface area contributed by atoms with Crippen molar-refractivity contribution >= 4 is 5.78 Å². The molecular formula is C17H18O5. The van der Waals surface area contributed by atoms with Crippen LogP contribution in [-0.2, 0) is 0 Å². The van der Waals surface area contributed by atoms with Crippen molar-refractivity contribution < 1.29 is 24.5 Å². The molecule has 0 amide bonds. The number of carbonyl (C=O) groups is 1. The van der Waals surface area contributed by atoms with Crippen LogP contribution in [0.4, 0.5) is 0 Å². The van der Waals surface area contributed by atoms with E-state index in [0.717, 1.165) is 0 Å². The third kappa shape index (κ3) is 3.31. The van der Waals surface area contributed by atoms with Crippen LogP contribution in [0.3, 0.4) is 0 Å². The van der Waals surface area contributed by atoms with Gasteiger partial charge in [-0.2, -0.15) is 0 Å². The van der Waals surface area contributed by atoms with E-state index >= 15 is 0 Å². The molecule has 0 aromatic heterocycles. The van der Waals surface area contributed by atoms with Crippen molar-refractivity contribution in [2.75, 3.05) is 13.2 Å². The molecule has 0 spiro atoms. The highest BCUT2D eigenvalue weighted by Gasteiger charge is 2.19. The minimum atomic E-state index is -0.299. The van der Waals surface area contributed by atoms with Crippen molar-refractivity contribution in [3.63, 3.8) is 0 Å². The van der Waals surface area contributed by atoms with Gasteiger partial charge in [-0.05, 0) is 38.1 Å². The Labute approximate surface area is 128 Å². The summed E-state index contributed by atoms with van der Waals surface area (Å²) in [5.74, 6) is 0.365. The van der Waals surface area contributed by atoms with Crippen molar-refractivity contribution in [1.82, 2.24) is 0 Å². The first-order valence-electron chi connectivity index (χ1n) is 7.03. The number of phenols is 2. The minimum absolute atomic E-state index is 0.0238. The maximum absolute atomic E-state index is 12.7. The van der Waals surface area contributed by atoms with E-state index in [1.807, 2.05) is 0 Å². The molecule has 5 nitrogen and oxygen atoms in total. The Morgan fingerprint density at radius 2 is 1.27 bits per heavy atom. The second kappa shape index (κ2) is 6.85. The van der Waals surface area contributed by atoms with Gasteiger partial charge in [0.25, 0.3) is 0 Å². The van der Waals surface area contributed by atoms with Gasteiger partial charge in [0.1, 0.15) is 23.0 Å². The third-order valence-electron chi connectivity index (χ3n) is 3.02. The average Bonchev–Trinajstić information content (AvgIpc) is 2.48. The van der Waals surface area contributed by atoms with Gasteiger partial charge >= 0.3 is 0 Å². The van der Waals surface area contributed by atoms with Crippen LogP contribution in [0, 0.1) is 0 Å². The van der Waals surface area contributed by atoms with Crippen LogP contribution in [0.25, 0.3) is 0 Å². The van der Waals surface area contributed by atoms with Crippen LogP contribution in [0.15, 0.2) is 36.4 Å². The molecule has 0 aliphatic heterocycles. The van der Waals surface area contributed by atoms with Crippen LogP contribution < -0.4 is 9.47 Å². The van der Waals surface area contributed by atoms with Gasteiger partial charge < -0.3 is 19.7 Å². The summed E-state index contributed by atoms with van der Waals surface area (Å²) in [6, 6.07) is 8.67. The second-order valence-electron chi connectivity index (χ2n) is 4.56. The van der Waals surface area contributed by atoms with E-state index in [0.29, 0.717) is 35.8 Å². The quantitative estimate of drug-likeness (QED) is 0.802. The maximum Gasteiger partial charge on any atom is 0.200 e. The van der Waals surface area contributed by atoms with Crippen LogP contribution in [0.2, 0.25) is 0 Å². The Morgan fingerprint density at radius 1 is 0.864 bits per heavy atom. The highest BCUT2D eigenvalue weighted by Crippen LogP contribution is 2.31. The topological polar surface area (TPSA) is 76.0 Å². The second-order valence-corrected chi connectivity index (χ2v) is 4.56. The Morgan fingerprint density at radius 3 is 1.64 bits per heavy atom. The van der Waals surface area contributed by atoms with Gasteiger partial charge in [-0.3, -0.25) is 4.79 Å². The van der Waals surface area contributed by atoms with Crippen molar-refractivity contribution in [3.8, 4) is 23.0 Å². The van der Waals surface area contributed by atoms with E-state index < -0.39 is 0 Å². The predicted molar refractivity (Wildman–Crippen MR) is 82.0 cm³/mol. The number of aromatic hydroxyl groups is 2. The van der Waals surface area contributed by atoms with Crippen LogP contribution in [0.5, 0.6) is 23.0 Å². The molecule has 5 heteroatoms. The Balaban J connectivity index is 2.48. The lowest BCUT2D eigenvalue weighted by molar-refractivity contribution is 0.103. The number of phenolic OH excluding ortho intramolecular Hbond substituents is 2. The predicted octanol–water partition coefficient (Wildman–Crippen LogP) is 3.13. The highest BCUT2D eigenvalue weighted by molar-refractivity contribution is 6.12. The Bertz CT molecular complexity index is 621. The van der Waals surface area contributed by atoms with Gasteiger partial charge in [0.15, 0.2) is 5.78 Å². The number of hydrogen-bond acceptors (Lipinski definition) is 5. The fourth-order valence-electron chi connectivity index (χ4n) is 2.09. The molecule has 2 rings (SSSR count). The zero-order valence-corrected chi connectivity index (χ0v) is 12.5. The molecule has 0 saturated carbocycles. The van der Waals surface area contributed by atoms with Gasteiger partial charge in [0.2, 0.25) is 0 Å². The van der Waals surface area contributed by atoms with Crippen molar-refractivity contribution in [3.05, 3.63) is 47.5 Å². The maximum atomic E-state index is 12.7. The summed E-state index contributed by atoms with van der Waals surface area (Å²) in [4.78, 5) is 12.7. The summed E-state index contributed by atoms with van der Waals surface area (Å²) in [5.41, 5.74) is 0.651. The molecule has 0 atom stereocenters. The normalized spacial score (nSPS) is 10.3. The molecule has 0 radical (unpaired) electrons. The van der Waals surface area contributed by atoms with Gasteiger partial charge in [-0.15, -0.1) is 0 Å². The van der Waals surface area contributed by atoms with Gasteiger partial charge in [0.05, 0.1) is 24.3 Å². The zero-order valence-electron chi connectivity index (χ0n) is 12.5. The van der Waals surface area contributed by atoms with E-state index in [2.05, 4.69) is 0 Å². The van der Waals surface area contributed by atoms with Crippen molar-refractivity contribution in [2.45, 2.75) is 13.8 Å². The smallest absolute Gasteiger partial charge is 0.200 e. The molecule has 116 valence electrons. The van der Waals surface area contributed by atoms with Crippen molar-refractivity contribution in [2.24, 2.45) is 0 Å². The summed E-state index contributed by atoms with van der Waals surface area (Å²) >= 11 is 0. The number of rotatable bonds is 6. The first kappa shape index (κ1) is 15.7. The number of ketones is 1. The van der Waals surface area contributed by atoms with Gasteiger partial charge in [-0.1, -0.05) is 0 Å². The molecule has 0 unspecified atom stereocenters. The monoisotopic (exact) mass is 302 g/mol. The summed E-state index contributed by atoms with van der Waals surface area (Å²) in [6.45, 7) is 4.34. The molecule has 0 bridgehead atoms. The number of ether oxygens (including phenoxy) is 2. The number of carbonyl (C=O) groups excluding carboxylic acids is 1. The Kier molecular flexibility index (Phi) is 4.88. The lowest BCUT2D eigenvalue weighted by Crippen LogP contribution is -2.08.